The highest BCUT2D eigenvalue weighted by Gasteiger charge is 2.44. The Bertz CT molecular complexity index is 680. The second-order valence-corrected chi connectivity index (χ2v) is 7.52. The normalized spacial score (nSPS) is 25.3. The molecule has 24 heavy (non-hydrogen) atoms. The Morgan fingerprint density at radius 1 is 1.46 bits per heavy atom. The molecular weight excluding hydrogens is 307 g/mol. The van der Waals surface area contributed by atoms with Crippen LogP contribution >= 0.6 is 0 Å². The highest BCUT2D eigenvalue weighted by molar-refractivity contribution is 5.20. The van der Waals surface area contributed by atoms with Crippen LogP contribution in [0.5, 0.6) is 0 Å². The minimum absolute atomic E-state index is 0.169. The van der Waals surface area contributed by atoms with Gasteiger partial charge in [0, 0.05) is 18.5 Å². The van der Waals surface area contributed by atoms with E-state index in [0.29, 0.717) is 19.3 Å². The monoisotopic (exact) mass is 332 g/mol. The van der Waals surface area contributed by atoms with Gasteiger partial charge in [-0.3, -0.25) is 0 Å². The zero-order valence-electron chi connectivity index (χ0n) is 14.4. The van der Waals surface area contributed by atoms with Crippen LogP contribution in [-0.2, 0) is 12.0 Å². The summed E-state index contributed by atoms with van der Waals surface area (Å²) in [4.78, 5) is 4.01. The lowest BCUT2D eigenvalue weighted by Crippen LogP contribution is -2.60. The van der Waals surface area contributed by atoms with E-state index in [9.17, 15) is 9.50 Å². The highest BCUT2D eigenvalue weighted by Crippen LogP contribution is 2.36. The molecule has 1 aliphatic carbocycles. The average molecular weight is 332 g/mol. The lowest BCUT2D eigenvalue weighted by atomic mass is 9.71. The molecular formula is C18H25FN4O. The summed E-state index contributed by atoms with van der Waals surface area (Å²) >= 11 is 0. The molecule has 2 aromatic rings. The van der Waals surface area contributed by atoms with E-state index in [1.165, 1.54) is 18.5 Å². The van der Waals surface area contributed by atoms with Crippen molar-refractivity contribution < 1.29 is 9.50 Å². The molecule has 130 valence electrons. The van der Waals surface area contributed by atoms with Crippen LogP contribution in [-0.4, -0.2) is 37.6 Å². The third kappa shape index (κ3) is 3.49. The highest BCUT2D eigenvalue weighted by atomic mass is 19.1. The molecule has 5 nitrogen and oxygen atoms in total. The number of rotatable bonds is 6. The number of benzene rings is 1. The number of nitrogens with one attached hydrogen (secondary N) is 1. The van der Waals surface area contributed by atoms with Crippen molar-refractivity contribution in [2.45, 2.75) is 63.3 Å². The zero-order chi connectivity index (χ0) is 17.4. The predicted octanol–water partition coefficient (Wildman–Crippen LogP) is 2.27. The summed E-state index contributed by atoms with van der Waals surface area (Å²) in [5.74, 6) is -0.256. The molecule has 1 aromatic carbocycles. The van der Waals surface area contributed by atoms with Crippen LogP contribution in [0.25, 0.3) is 0 Å². The zero-order valence-corrected chi connectivity index (χ0v) is 14.4. The summed E-state index contributed by atoms with van der Waals surface area (Å²) in [6.07, 6.45) is 5.08. The molecule has 3 rings (SSSR count). The van der Waals surface area contributed by atoms with Crippen molar-refractivity contribution >= 4 is 0 Å². The smallest absolute Gasteiger partial charge is 0.137 e. The lowest BCUT2D eigenvalue weighted by molar-refractivity contribution is -0.0602. The number of aliphatic hydroxyl groups is 1. The van der Waals surface area contributed by atoms with Gasteiger partial charge in [0.25, 0.3) is 0 Å². The Kier molecular flexibility index (Phi) is 4.44. The number of aromatic nitrogens is 3. The van der Waals surface area contributed by atoms with E-state index < -0.39 is 5.60 Å². The topological polar surface area (TPSA) is 63.0 Å². The molecule has 1 fully saturated rings. The summed E-state index contributed by atoms with van der Waals surface area (Å²) in [6, 6.07) is 6.88. The number of nitrogens with zero attached hydrogens (tertiary/aromatic N) is 3. The Hall–Kier alpha value is -1.79. The van der Waals surface area contributed by atoms with Gasteiger partial charge < -0.3 is 10.4 Å². The van der Waals surface area contributed by atoms with E-state index >= 15 is 0 Å². The molecule has 1 unspecified atom stereocenters. The first-order valence-electron chi connectivity index (χ1n) is 8.36. The van der Waals surface area contributed by atoms with Crippen LogP contribution in [0.4, 0.5) is 4.39 Å². The van der Waals surface area contributed by atoms with E-state index in [0.717, 1.165) is 5.56 Å². The molecule has 0 saturated heterocycles. The van der Waals surface area contributed by atoms with Crippen LogP contribution in [0.1, 0.15) is 39.2 Å². The first-order valence-corrected chi connectivity index (χ1v) is 8.36. The summed E-state index contributed by atoms with van der Waals surface area (Å²) in [5, 5.41) is 18.4. The summed E-state index contributed by atoms with van der Waals surface area (Å²) < 4.78 is 15.1. The van der Waals surface area contributed by atoms with Crippen LogP contribution in [0, 0.1) is 5.82 Å². The third-order valence-electron chi connectivity index (χ3n) is 5.23. The van der Waals surface area contributed by atoms with Gasteiger partial charge in [0.15, 0.2) is 0 Å². The minimum atomic E-state index is -0.747. The van der Waals surface area contributed by atoms with E-state index in [4.69, 9.17) is 0 Å². The van der Waals surface area contributed by atoms with Crippen LogP contribution in [0.2, 0.25) is 0 Å². The SMILES string of the molecule is CC(NC1CC(O)(Cc2cccc(F)c2)C1)C(C)(C)n1cncn1. The van der Waals surface area contributed by atoms with Crippen molar-refractivity contribution in [3.8, 4) is 0 Å². The fraction of sp³-hybridized carbons (Fsp3) is 0.556. The second-order valence-electron chi connectivity index (χ2n) is 7.52. The lowest BCUT2D eigenvalue weighted by Gasteiger charge is -2.47. The van der Waals surface area contributed by atoms with Gasteiger partial charge in [0.05, 0.1) is 11.1 Å². The van der Waals surface area contributed by atoms with E-state index in [-0.39, 0.29) is 23.4 Å². The fourth-order valence-electron chi connectivity index (χ4n) is 3.41. The van der Waals surface area contributed by atoms with Crippen molar-refractivity contribution in [1.82, 2.24) is 20.1 Å². The van der Waals surface area contributed by atoms with Gasteiger partial charge in [-0.2, -0.15) is 5.10 Å². The first-order chi connectivity index (χ1) is 11.3. The van der Waals surface area contributed by atoms with E-state index in [2.05, 4.69) is 36.2 Å². The van der Waals surface area contributed by atoms with Crippen molar-refractivity contribution in [1.29, 1.82) is 0 Å². The standard InChI is InChI=1S/C18H25FN4O/c1-13(17(2,3)23-12-20-11-21-23)22-16-9-18(24,10-16)8-14-5-4-6-15(19)7-14/h4-7,11-13,16,22,24H,8-10H2,1-3H3. The van der Waals surface area contributed by atoms with Gasteiger partial charge in [0.1, 0.15) is 18.5 Å². The Labute approximate surface area is 141 Å². The molecule has 1 atom stereocenters. The first kappa shape index (κ1) is 17.0. The Morgan fingerprint density at radius 3 is 2.83 bits per heavy atom. The molecule has 0 bridgehead atoms. The van der Waals surface area contributed by atoms with Gasteiger partial charge in [-0.05, 0) is 51.3 Å². The van der Waals surface area contributed by atoms with Crippen molar-refractivity contribution in [2.75, 3.05) is 0 Å². The summed E-state index contributed by atoms with van der Waals surface area (Å²) in [6.45, 7) is 6.33. The third-order valence-corrected chi connectivity index (χ3v) is 5.23. The number of halogens is 1. The maximum absolute atomic E-state index is 13.3. The summed E-state index contributed by atoms with van der Waals surface area (Å²) in [5.41, 5.74) is -0.123. The van der Waals surface area contributed by atoms with Crippen molar-refractivity contribution in [3.63, 3.8) is 0 Å². The van der Waals surface area contributed by atoms with Gasteiger partial charge in [0.2, 0.25) is 0 Å². The number of hydrogen-bond acceptors (Lipinski definition) is 4. The molecule has 0 amide bonds. The summed E-state index contributed by atoms with van der Waals surface area (Å²) in [7, 11) is 0. The second kappa shape index (κ2) is 6.26. The molecule has 6 heteroatoms. The minimum Gasteiger partial charge on any atom is -0.389 e. The Morgan fingerprint density at radius 2 is 2.21 bits per heavy atom. The van der Waals surface area contributed by atoms with Crippen LogP contribution < -0.4 is 5.32 Å². The van der Waals surface area contributed by atoms with Gasteiger partial charge in [-0.15, -0.1) is 0 Å². The molecule has 1 aromatic heterocycles. The maximum Gasteiger partial charge on any atom is 0.137 e. The van der Waals surface area contributed by atoms with E-state index in [1.807, 2.05) is 10.7 Å². The van der Waals surface area contributed by atoms with Crippen molar-refractivity contribution in [3.05, 3.63) is 48.3 Å². The van der Waals surface area contributed by atoms with Crippen molar-refractivity contribution in [2.24, 2.45) is 0 Å². The molecule has 1 heterocycles. The Balaban J connectivity index is 1.54. The fourth-order valence-corrected chi connectivity index (χ4v) is 3.41. The van der Waals surface area contributed by atoms with Crippen LogP contribution in [0.15, 0.2) is 36.9 Å². The van der Waals surface area contributed by atoms with Gasteiger partial charge >= 0.3 is 0 Å². The molecule has 1 saturated carbocycles. The maximum atomic E-state index is 13.3. The predicted molar refractivity (Wildman–Crippen MR) is 90.0 cm³/mol. The largest absolute Gasteiger partial charge is 0.389 e. The molecule has 0 radical (unpaired) electrons. The number of hydrogen-bond donors (Lipinski definition) is 2. The molecule has 1 aliphatic rings. The molecule has 0 spiro atoms. The molecule has 0 aliphatic heterocycles. The van der Waals surface area contributed by atoms with Gasteiger partial charge in [-0.25, -0.2) is 14.1 Å². The van der Waals surface area contributed by atoms with Gasteiger partial charge in [-0.1, -0.05) is 12.1 Å². The molecule has 2 N–H and O–H groups in total. The average Bonchev–Trinajstić information content (AvgIpc) is 3.00. The van der Waals surface area contributed by atoms with E-state index in [1.54, 1.807) is 12.4 Å². The quantitative estimate of drug-likeness (QED) is 0.852. The van der Waals surface area contributed by atoms with Crippen LogP contribution in [0.3, 0.4) is 0 Å².